The molecule has 0 saturated carbocycles. The summed E-state index contributed by atoms with van der Waals surface area (Å²) in [5.41, 5.74) is 6.18. The Kier molecular flexibility index (Phi) is 3.52. The van der Waals surface area contributed by atoms with Crippen LogP contribution in [0.5, 0.6) is 0 Å². The first-order chi connectivity index (χ1) is 14.3. The van der Waals surface area contributed by atoms with Gasteiger partial charge in [-0.15, -0.1) is 0 Å². The highest BCUT2D eigenvalue weighted by Gasteiger charge is 2.17. The van der Waals surface area contributed by atoms with Gasteiger partial charge in [0.05, 0.1) is 10.4 Å². The third kappa shape index (κ3) is 2.55. The zero-order chi connectivity index (χ0) is 19.4. The minimum absolute atomic E-state index is 0.586. The fourth-order valence-electron chi connectivity index (χ4n) is 3.79. The normalized spacial score (nSPS) is 11.6. The minimum atomic E-state index is 0.586. The number of rotatable bonds is 2. The molecule has 0 atom stereocenters. The predicted molar refractivity (Wildman–Crippen MR) is 117 cm³/mol. The lowest BCUT2D eigenvalue weighted by Crippen LogP contribution is -1.79. The number of nitrogens with zero attached hydrogens (tertiary/aromatic N) is 1. The highest BCUT2D eigenvalue weighted by molar-refractivity contribution is 6.36. The van der Waals surface area contributed by atoms with Crippen LogP contribution in [0.4, 0.5) is 0 Å². The molecule has 0 N–H and O–H groups in total. The van der Waals surface area contributed by atoms with Crippen molar-refractivity contribution >= 4 is 44.6 Å². The molecule has 0 unspecified atom stereocenters. The summed E-state index contributed by atoms with van der Waals surface area (Å²) in [4.78, 5) is 4.70. The zero-order valence-electron chi connectivity index (χ0n) is 15.2. The molecule has 3 nitrogen and oxygen atoms in total. The molecule has 138 valence electrons. The third-order valence-corrected chi connectivity index (χ3v) is 5.50. The lowest BCUT2D eigenvalue weighted by molar-refractivity contribution is 0.622. The Morgan fingerprint density at radius 3 is 2.21 bits per heavy atom. The van der Waals surface area contributed by atoms with Gasteiger partial charge in [-0.1, -0.05) is 66.2 Å². The van der Waals surface area contributed by atoms with Crippen LogP contribution in [0.3, 0.4) is 0 Å². The predicted octanol–water partition coefficient (Wildman–Crippen LogP) is 7.71. The smallest absolute Gasteiger partial charge is 0.227 e. The molecule has 4 heteroatoms. The lowest BCUT2D eigenvalue weighted by Gasteiger charge is -2.02. The van der Waals surface area contributed by atoms with Crippen LogP contribution >= 0.6 is 11.6 Å². The highest BCUT2D eigenvalue weighted by atomic mass is 35.5. The van der Waals surface area contributed by atoms with Crippen LogP contribution in [-0.4, -0.2) is 4.98 Å². The van der Waals surface area contributed by atoms with Gasteiger partial charge in [-0.3, -0.25) is 0 Å². The van der Waals surface area contributed by atoms with Gasteiger partial charge in [-0.2, -0.15) is 0 Å². The maximum absolute atomic E-state index is 6.31. The lowest BCUT2D eigenvalue weighted by atomic mass is 10.0. The van der Waals surface area contributed by atoms with E-state index in [-0.39, 0.29) is 0 Å². The van der Waals surface area contributed by atoms with Crippen molar-refractivity contribution in [2.24, 2.45) is 0 Å². The Morgan fingerprint density at radius 1 is 0.621 bits per heavy atom. The van der Waals surface area contributed by atoms with E-state index in [1.54, 1.807) is 0 Å². The fourth-order valence-corrected chi connectivity index (χ4v) is 4.01. The molecular weight excluding hydrogens is 382 g/mol. The van der Waals surface area contributed by atoms with Crippen LogP contribution in [0.25, 0.3) is 55.6 Å². The SMILES string of the molecule is Clc1cccc2c1oc1ccc3nc(-c4ccc(-c5ccccc5)cc4)oc3c12. The second-order valence-electron chi connectivity index (χ2n) is 6.97. The van der Waals surface area contributed by atoms with Gasteiger partial charge >= 0.3 is 0 Å². The first-order valence-electron chi connectivity index (χ1n) is 9.34. The van der Waals surface area contributed by atoms with E-state index in [4.69, 9.17) is 25.4 Å². The number of hydrogen-bond acceptors (Lipinski definition) is 3. The van der Waals surface area contributed by atoms with Crippen LogP contribution in [-0.2, 0) is 0 Å². The van der Waals surface area contributed by atoms with Crippen molar-refractivity contribution in [3.8, 4) is 22.6 Å². The average molecular weight is 396 g/mol. The van der Waals surface area contributed by atoms with E-state index in [2.05, 4.69) is 24.3 Å². The van der Waals surface area contributed by atoms with E-state index in [1.165, 1.54) is 5.56 Å². The van der Waals surface area contributed by atoms with E-state index in [1.807, 2.05) is 60.7 Å². The molecule has 0 amide bonds. The fraction of sp³-hybridized carbons (Fsp3) is 0. The molecule has 2 heterocycles. The van der Waals surface area contributed by atoms with Crippen molar-refractivity contribution < 1.29 is 8.83 Å². The Balaban J connectivity index is 1.51. The number of para-hydroxylation sites is 1. The summed E-state index contributed by atoms with van der Waals surface area (Å²) in [6.45, 7) is 0. The van der Waals surface area contributed by atoms with Gasteiger partial charge < -0.3 is 8.83 Å². The quantitative estimate of drug-likeness (QED) is 0.301. The topological polar surface area (TPSA) is 39.2 Å². The molecule has 29 heavy (non-hydrogen) atoms. The number of aromatic nitrogens is 1. The molecule has 0 spiro atoms. The molecular formula is C25H14ClNO2. The Labute approximate surface area is 171 Å². The molecule has 2 aromatic heterocycles. The molecule has 4 aromatic carbocycles. The van der Waals surface area contributed by atoms with Gasteiger partial charge in [-0.25, -0.2) is 4.98 Å². The van der Waals surface area contributed by atoms with Crippen molar-refractivity contribution in [3.05, 3.63) is 90.0 Å². The molecule has 0 saturated heterocycles. The first-order valence-corrected chi connectivity index (χ1v) is 9.72. The third-order valence-electron chi connectivity index (χ3n) is 5.21. The van der Waals surface area contributed by atoms with E-state index in [0.29, 0.717) is 22.1 Å². The Hall–Kier alpha value is -3.56. The second kappa shape index (κ2) is 6.23. The monoisotopic (exact) mass is 395 g/mol. The largest absolute Gasteiger partial charge is 0.454 e. The van der Waals surface area contributed by atoms with Crippen molar-refractivity contribution in [3.63, 3.8) is 0 Å². The van der Waals surface area contributed by atoms with Crippen molar-refractivity contribution in [2.45, 2.75) is 0 Å². The van der Waals surface area contributed by atoms with E-state index >= 15 is 0 Å². The summed E-state index contributed by atoms with van der Waals surface area (Å²) in [5.74, 6) is 0.587. The number of fused-ring (bicyclic) bond motifs is 5. The summed E-state index contributed by atoms with van der Waals surface area (Å²) in [6.07, 6.45) is 0. The summed E-state index contributed by atoms with van der Waals surface area (Å²) < 4.78 is 12.2. The van der Waals surface area contributed by atoms with Crippen LogP contribution < -0.4 is 0 Å². The molecule has 0 bridgehead atoms. The summed E-state index contributed by atoms with van der Waals surface area (Å²) in [6, 6.07) is 28.1. The van der Waals surface area contributed by atoms with Crippen molar-refractivity contribution in [2.75, 3.05) is 0 Å². The molecule has 6 rings (SSSR count). The van der Waals surface area contributed by atoms with Gasteiger partial charge in [0, 0.05) is 10.9 Å². The molecule has 6 aromatic rings. The standard InChI is InChI=1S/C25H14ClNO2/c26-19-8-4-7-18-22-21(28-23(18)19)14-13-20-24(22)29-25(27-20)17-11-9-16(10-12-17)15-5-2-1-3-6-15/h1-14H. The van der Waals surface area contributed by atoms with Crippen LogP contribution in [0.2, 0.25) is 5.02 Å². The molecule has 0 radical (unpaired) electrons. The van der Waals surface area contributed by atoms with Gasteiger partial charge in [0.2, 0.25) is 5.89 Å². The molecule has 0 aliphatic heterocycles. The Bertz CT molecular complexity index is 1500. The number of furan rings is 1. The summed E-state index contributed by atoms with van der Waals surface area (Å²) >= 11 is 6.31. The minimum Gasteiger partial charge on any atom is -0.454 e. The van der Waals surface area contributed by atoms with Gasteiger partial charge in [0.25, 0.3) is 0 Å². The summed E-state index contributed by atoms with van der Waals surface area (Å²) in [7, 11) is 0. The van der Waals surface area contributed by atoms with Crippen LogP contribution in [0.15, 0.2) is 93.8 Å². The number of oxazole rings is 1. The maximum Gasteiger partial charge on any atom is 0.227 e. The Morgan fingerprint density at radius 2 is 1.38 bits per heavy atom. The van der Waals surface area contributed by atoms with Gasteiger partial charge in [0.1, 0.15) is 11.1 Å². The number of halogens is 1. The average Bonchev–Trinajstić information content (AvgIpc) is 3.36. The molecule has 0 fully saturated rings. The maximum atomic E-state index is 6.31. The van der Waals surface area contributed by atoms with Gasteiger partial charge in [0.15, 0.2) is 11.2 Å². The van der Waals surface area contributed by atoms with Crippen LogP contribution in [0, 0.1) is 0 Å². The number of benzene rings is 4. The molecule has 0 aliphatic rings. The zero-order valence-corrected chi connectivity index (χ0v) is 16.0. The van der Waals surface area contributed by atoms with E-state index in [9.17, 15) is 0 Å². The first kappa shape index (κ1) is 16.4. The number of hydrogen-bond donors (Lipinski definition) is 0. The van der Waals surface area contributed by atoms with Crippen molar-refractivity contribution in [1.82, 2.24) is 4.98 Å². The van der Waals surface area contributed by atoms with Gasteiger partial charge in [-0.05, 0) is 41.5 Å². The second-order valence-corrected chi connectivity index (χ2v) is 7.38. The van der Waals surface area contributed by atoms with Crippen molar-refractivity contribution in [1.29, 1.82) is 0 Å². The van der Waals surface area contributed by atoms with E-state index in [0.717, 1.165) is 33.0 Å². The summed E-state index contributed by atoms with van der Waals surface area (Å²) in [5, 5.41) is 2.42. The highest BCUT2D eigenvalue weighted by Crippen LogP contribution is 2.38. The molecule has 0 aliphatic carbocycles. The van der Waals surface area contributed by atoms with Crippen LogP contribution in [0.1, 0.15) is 0 Å². The van der Waals surface area contributed by atoms with E-state index < -0.39 is 0 Å².